The minimum Gasteiger partial charge on any atom is -0.497 e. The van der Waals surface area contributed by atoms with E-state index in [0.717, 1.165) is 44.4 Å². The summed E-state index contributed by atoms with van der Waals surface area (Å²) < 4.78 is 5.55. The number of nitrogens with one attached hydrogen (secondary N) is 3. The second-order valence-electron chi connectivity index (χ2n) is 9.54. The summed E-state index contributed by atoms with van der Waals surface area (Å²) in [7, 11) is 1.60. The molecule has 1 heterocycles. The van der Waals surface area contributed by atoms with Gasteiger partial charge in [-0.3, -0.25) is 0 Å². The lowest BCUT2D eigenvalue weighted by Crippen LogP contribution is -2.27. The Kier molecular flexibility index (Phi) is 8.97. The molecule has 5 aromatic rings. The molecule has 0 fully saturated rings. The Morgan fingerprint density at radius 3 is 2.24 bits per heavy atom. The van der Waals surface area contributed by atoms with E-state index < -0.39 is 0 Å². The van der Waals surface area contributed by atoms with Crippen LogP contribution in [0.4, 0.5) is 33.2 Å². The predicted octanol–water partition coefficient (Wildman–Crippen LogP) is 8.38. The van der Waals surface area contributed by atoms with Crippen molar-refractivity contribution >= 4 is 79.5 Å². The van der Waals surface area contributed by atoms with Crippen molar-refractivity contribution in [3.8, 4) is 5.75 Å². The van der Waals surface area contributed by atoms with Crippen LogP contribution in [0.1, 0.15) is 5.56 Å². The van der Waals surface area contributed by atoms with Crippen LogP contribution in [-0.2, 0) is 0 Å². The highest BCUT2D eigenvalue weighted by atomic mass is 35.5. The largest absolute Gasteiger partial charge is 0.497 e. The molecule has 0 bridgehead atoms. The smallest absolute Gasteiger partial charge is 0.323 e. The highest BCUT2D eigenvalue weighted by Gasteiger charge is 2.13. The lowest BCUT2D eigenvalue weighted by atomic mass is 10.0. The van der Waals surface area contributed by atoms with E-state index in [1.54, 1.807) is 13.2 Å². The first kappa shape index (κ1) is 28.3. The van der Waals surface area contributed by atoms with E-state index in [1.807, 2.05) is 60.7 Å². The Hall–Kier alpha value is -4.20. The van der Waals surface area contributed by atoms with Gasteiger partial charge >= 0.3 is 6.03 Å². The number of carbonyl (C=O) groups excluding carboxylic acids is 1. The summed E-state index contributed by atoms with van der Waals surface area (Å²) in [5.74, 6) is 1.61. The number of halogens is 2. The average molecular weight is 589 g/mol. The minimum atomic E-state index is -0.370. The number of alkyl halides is 2. The number of pyridine rings is 1. The molecule has 7 nitrogen and oxygen atoms in total. The van der Waals surface area contributed by atoms with Gasteiger partial charge in [-0.1, -0.05) is 36.4 Å². The molecule has 0 unspecified atom stereocenters. The molecule has 4 aromatic carbocycles. The summed E-state index contributed by atoms with van der Waals surface area (Å²) in [6.07, 6.45) is 0. The Morgan fingerprint density at radius 2 is 1.51 bits per heavy atom. The zero-order valence-corrected chi connectivity index (χ0v) is 24.4. The van der Waals surface area contributed by atoms with Crippen molar-refractivity contribution in [2.24, 2.45) is 0 Å². The fourth-order valence-electron chi connectivity index (χ4n) is 4.82. The molecule has 9 heteroatoms. The third-order valence-electron chi connectivity index (χ3n) is 6.78. The second kappa shape index (κ2) is 13.0. The monoisotopic (exact) mass is 587 g/mol. The summed E-state index contributed by atoms with van der Waals surface area (Å²) in [5, 5.41) is 11.4. The van der Waals surface area contributed by atoms with Crippen molar-refractivity contribution in [1.82, 2.24) is 4.98 Å². The van der Waals surface area contributed by atoms with Crippen molar-refractivity contribution in [3.05, 3.63) is 90.5 Å². The second-order valence-corrected chi connectivity index (χ2v) is 10.3. The first-order valence-corrected chi connectivity index (χ1v) is 14.3. The molecular formula is C32H31Cl2N5O2. The van der Waals surface area contributed by atoms with Crippen LogP contribution in [0, 0.1) is 6.92 Å². The summed E-state index contributed by atoms with van der Waals surface area (Å²) >= 11 is 11.9. The van der Waals surface area contributed by atoms with Crippen LogP contribution in [0.15, 0.2) is 84.9 Å². The summed E-state index contributed by atoms with van der Waals surface area (Å²) in [5.41, 5.74) is 6.87. The van der Waals surface area contributed by atoms with Gasteiger partial charge in [0.15, 0.2) is 0 Å². The number of ether oxygens (including phenoxy) is 1. The zero-order chi connectivity index (χ0) is 28.8. The third-order valence-corrected chi connectivity index (χ3v) is 7.12. The number of aromatic nitrogens is 1. The molecule has 0 saturated carbocycles. The molecule has 0 aliphatic carbocycles. The van der Waals surface area contributed by atoms with Crippen LogP contribution >= 0.6 is 23.2 Å². The van der Waals surface area contributed by atoms with Gasteiger partial charge in [-0.2, -0.15) is 0 Å². The Morgan fingerprint density at radius 1 is 0.829 bits per heavy atom. The van der Waals surface area contributed by atoms with Crippen LogP contribution in [0.3, 0.4) is 0 Å². The molecule has 0 aliphatic rings. The number of para-hydroxylation sites is 2. The number of urea groups is 1. The first-order valence-electron chi connectivity index (χ1n) is 13.3. The third kappa shape index (κ3) is 6.59. The predicted molar refractivity (Wildman–Crippen MR) is 173 cm³/mol. The molecule has 3 N–H and O–H groups in total. The van der Waals surface area contributed by atoms with E-state index in [1.165, 1.54) is 0 Å². The van der Waals surface area contributed by atoms with Gasteiger partial charge in [0.05, 0.1) is 23.8 Å². The lowest BCUT2D eigenvalue weighted by Gasteiger charge is -2.23. The highest BCUT2D eigenvalue weighted by Crippen LogP contribution is 2.36. The normalized spacial score (nSPS) is 10.9. The molecule has 0 atom stereocenters. The SMILES string of the molecule is COc1cc(NC(=O)Nc2ccc(N(CCCl)CCCl)cc2)cc(Nc2c3ccccc3nc3c(C)cccc23)c1. The van der Waals surface area contributed by atoms with Gasteiger partial charge in [0, 0.05) is 70.5 Å². The molecule has 0 aliphatic heterocycles. The van der Waals surface area contributed by atoms with Crippen molar-refractivity contribution in [1.29, 1.82) is 0 Å². The lowest BCUT2D eigenvalue weighted by molar-refractivity contribution is 0.262. The maximum absolute atomic E-state index is 12.9. The van der Waals surface area contributed by atoms with E-state index in [4.69, 9.17) is 32.9 Å². The standard InChI is InChI=1S/C32H31Cl2N5O2/c1-21-6-5-8-28-30(21)38-29-9-4-3-7-27(29)31(28)35-23-18-24(20-26(19-23)41-2)37-32(40)36-22-10-12-25(13-11-22)39(16-14-33)17-15-34/h3-13,18-20H,14-17H2,1-2H3,(H,35,38)(H2,36,37,40). The molecule has 210 valence electrons. The van der Waals surface area contributed by atoms with E-state index in [2.05, 4.69) is 46.0 Å². The average Bonchev–Trinajstić information content (AvgIpc) is 2.97. The number of aryl methyl sites for hydroxylation is 1. The first-order chi connectivity index (χ1) is 20.0. The molecular weight excluding hydrogens is 557 g/mol. The van der Waals surface area contributed by atoms with Crippen LogP contribution in [0.2, 0.25) is 0 Å². The Balaban J connectivity index is 1.38. The van der Waals surface area contributed by atoms with Crippen molar-refractivity contribution < 1.29 is 9.53 Å². The van der Waals surface area contributed by atoms with Crippen molar-refractivity contribution in [2.75, 3.05) is 52.8 Å². The number of hydrogen-bond acceptors (Lipinski definition) is 5. The summed E-state index contributed by atoms with van der Waals surface area (Å²) in [6.45, 7) is 3.44. The molecule has 0 saturated heterocycles. The van der Waals surface area contributed by atoms with Gasteiger partial charge in [0.25, 0.3) is 0 Å². The molecule has 2 amide bonds. The van der Waals surface area contributed by atoms with Crippen molar-refractivity contribution in [2.45, 2.75) is 6.92 Å². The molecule has 0 spiro atoms. The van der Waals surface area contributed by atoms with Gasteiger partial charge in [0.1, 0.15) is 5.75 Å². The van der Waals surface area contributed by atoms with Gasteiger partial charge in [-0.05, 0) is 48.9 Å². The Labute approximate surface area is 249 Å². The number of anilines is 5. The number of fused-ring (bicyclic) bond motifs is 2. The van der Waals surface area contributed by atoms with Gasteiger partial charge < -0.3 is 25.6 Å². The summed E-state index contributed by atoms with van der Waals surface area (Å²) in [6, 6.07) is 26.9. The fourth-order valence-corrected chi connectivity index (χ4v) is 5.23. The van der Waals surface area contributed by atoms with Crippen LogP contribution in [0.5, 0.6) is 5.75 Å². The van der Waals surface area contributed by atoms with Crippen molar-refractivity contribution in [3.63, 3.8) is 0 Å². The zero-order valence-electron chi connectivity index (χ0n) is 22.9. The molecule has 0 radical (unpaired) electrons. The summed E-state index contributed by atoms with van der Waals surface area (Å²) in [4.78, 5) is 19.9. The fraction of sp³-hybridized carbons (Fsp3) is 0.188. The van der Waals surface area contributed by atoms with Gasteiger partial charge in [-0.15, -0.1) is 23.2 Å². The number of nitrogens with zero attached hydrogens (tertiary/aromatic N) is 2. The van der Waals surface area contributed by atoms with E-state index in [9.17, 15) is 4.79 Å². The maximum atomic E-state index is 12.9. The molecule has 1 aromatic heterocycles. The molecule has 41 heavy (non-hydrogen) atoms. The van der Waals surface area contributed by atoms with E-state index in [-0.39, 0.29) is 6.03 Å². The topological polar surface area (TPSA) is 78.5 Å². The minimum absolute atomic E-state index is 0.370. The molecule has 5 rings (SSSR count). The number of amides is 2. The van der Waals surface area contributed by atoms with Gasteiger partial charge in [0.2, 0.25) is 0 Å². The number of benzene rings is 4. The van der Waals surface area contributed by atoms with Crippen LogP contribution in [0.25, 0.3) is 21.8 Å². The number of hydrogen-bond donors (Lipinski definition) is 3. The van der Waals surface area contributed by atoms with Crippen LogP contribution < -0.4 is 25.6 Å². The highest BCUT2D eigenvalue weighted by molar-refractivity contribution is 6.18. The number of methoxy groups -OCH3 is 1. The number of carbonyl (C=O) groups is 1. The van der Waals surface area contributed by atoms with E-state index in [0.29, 0.717) is 42.0 Å². The quantitative estimate of drug-likeness (QED) is 0.113. The Bertz CT molecular complexity index is 1670. The van der Waals surface area contributed by atoms with Gasteiger partial charge in [-0.25, -0.2) is 9.78 Å². The maximum Gasteiger partial charge on any atom is 0.323 e. The van der Waals surface area contributed by atoms with E-state index >= 15 is 0 Å². The number of rotatable bonds is 10. The van der Waals surface area contributed by atoms with Crippen LogP contribution in [-0.4, -0.2) is 43.0 Å².